The van der Waals surface area contributed by atoms with E-state index in [0.29, 0.717) is 13.1 Å². The van der Waals surface area contributed by atoms with E-state index in [-0.39, 0.29) is 51.3 Å². The fourth-order valence-electron chi connectivity index (χ4n) is 5.99. The van der Waals surface area contributed by atoms with Gasteiger partial charge in [-0.05, 0) is 103 Å². The second-order valence-electron chi connectivity index (χ2n) is 14.1. The number of hydrogen-bond acceptors (Lipinski definition) is 10. The van der Waals surface area contributed by atoms with Crippen molar-refractivity contribution in [2.45, 2.75) is 90.5 Å². The molecule has 4 aromatic rings. The van der Waals surface area contributed by atoms with Crippen LogP contribution in [0.1, 0.15) is 67.2 Å². The largest absolute Gasteiger partial charge is 0.444 e. The zero-order valence-corrected chi connectivity index (χ0v) is 32.1. The van der Waals surface area contributed by atoms with Crippen LogP contribution in [0.2, 0.25) is 0 Å². The number of ether oxygens (including phenoxy) is 2. The lowest BCUT2D eigenvalue weighted by atomic mass is 10.1. The van der Waals surface area contributed by atoms with E-state index in [1.54, 1.807) is 22.7 Å². The first kappa shape index (κ1) is 37.9. The fourth-order valence-corrected chi connectivity index (χ4v) is 7.81. The molecule has 2 aromatic carbocycles. The van der Waals surface area contributed by atoms with Gasteiger partial charge in [-0.25, -0.2) is 19.6 Å². The Morgan fingerprint density at radius 1 is 0.729 bits per heavy atom. The number of amides is 2. The molecule has 0 unspecified atom stereocenters. The van der Waals surface area contributed by atoms with Crippen LogP contribution in [0, 0.1) is 0 Å². The molecule has 48 heavy (non-hydrogen) atoms. The lowest BCUT2D eigenvalue weighted by molar-refractivity contribution is 0.0224. The summed E-state index contributed by atoms with van der Waals surface area (Å²) >= 11 is 3.25. The molecule has 0 spiro atoms. The summed E-state index contributed by atoms with van der Waals surface area (Å²) in [5, 5.41) is 8.66. The van der Waals surface area contributed by atoms with E-state index in [1.807, 2.05) is 51.3 Å². The monoisotopic (exact) mass is 732 g/mol. The molecule has 2 aliphatic rings. The Bertz CT molecular complexity index is 1600. The number of anilines is 2. The Kier molecular flexibility index (Phi) is 12.1. The average Bonchev–Trinajstić information content (AvgIpc) is 3.77. The van der Waals surface area contributed by atoms with E-state index in [2.05, 4.69) is 47.0 Å². The molecule has 6 rings (SSSR count). The van der Waals surface area contributed by atoms with Gasteiger partial charge in [0.1, 0.15) is 11.2 Å². The second kappa shape index (κ2) is 15.3. The molecule has 2 aliphatic heterocycles. The molecule has 10 nitrogen and oxygen atoms in total. The maximum atomic E-state index is 12.7. The van der Waals surface area contributed by atoms with E-state index in [9.17, 15) is 9.59 Å². The summed E-state index contributed by atoms with van der Waals surface area (Å²) in [5.74, 6) is 0. The first-order valence-corrected chi connectivity index (χ1v) is 17.7. The van der Waals surface area contributed by atoms with Crippen molar-refractivity contribution in [3.05, 3.63) is 36.4 Å². The number of rotatable bonds is 7. The van der Waals surface area contributed by atoms with Gasteiger partial charge in [0.25, 0.3) is 0 Å². The first-order chi connectivity index (χ1) is 21.8. The number of thiazole rings is 2. The summed E-state index contributed by atoms with van der Waals surface area (Å²) < 4.78 is 13.4. The third-order valence-electron chi connectivity index (χ3n) is 8.10. The van der Waals surface area contributed by atoms with Crippen molar-refractivity contribution in [2.24, 2.45) is 0 Å². The number of fused-ring (bicyclic) bond motifs is 2. The Hall–Kier alpha value is -2.94. The van der Waals surface area contributed by atoms with Crippen molar-refractivity contribution in [3.63, 3.8) is 0 Å². The minimum Gasteiger partial charge on any atom is -0.444 e. The summed E-state index contributed by atoms with van der Waals surface area (Å²) in [4.78, 5) is 38.6. The average molecular weight is 733 g/mol. The van der Waals surface area contributed by atoms with Gasteiger partial charge in [-0.1, -0.05) is 34.8 Å². The zero-order valence-electron chi connectivity index (χ0n) is 28.5. The Balaban J connectivity index is 0.00000260. The van der Waals surface area contributed by atoms with Crippen LogP contribution in [0.25, 0.3) is 31.6 Å². The second-order valence-corrected chi connectivity index (χ2v) is 16.2. The van der Waals surface area contributed by atoms with Gasteiger partial charge in [-0.2, -0.15) is 27.0 Å². The minimum atomic E-state index is -0.506. The van der Waals surface area contributed by atoms with Crippen molar-refractivity contribution in [1.82, 2.24) is 19.8 Å². The molecular weight excluding hydrogens is 685 g/mol. The molecule has 0 saturated carbocycles. The van der Waals surface area contributed by atoms with Crippen LogP contribution < -0.4 is 10.6 Å². The van der Waals surface area contributed by atoms with Crippen LogP contribution >= 0.6 is 49.7 Å². The SMILES string of the molecule is CC(C)(C)OC(=O)N1CCC[C@H]1CNc1nc2ccc(-c3ccc4nc(NC[C@@H]5CCCN5C(=O)OC(C)(C)C)sc4c3)cc2s1.S.S. The number of likely N-dealkylation sites (tertiary alicyclic amines) is 2. The number of nitrogens with one attached hydrogen (secondary N) is 2. The molecule has 2 atom stereocenters. The summed E-state index contributed by atoms with van der Waals surface area (Å²) in [5.41, 5.74) is 3.13. The van der Waals surface area contributed by atoms with Crippen LogP contribution in [0.4, 0.5) is 19.9 Å². The predicted molar refractivity (Wildman–Crippen MR) is 208 cm³/mol. The quantitative estimate of drug-likeness (QED) is 0.195. The van der Waals surface area contributed by atoms with Gasteiger partial charge in [0.2, 0.25) is 0 Å². The summed E-state index contributed by atoms with van der Waals surface area (Å²) in [6, 6.07) is 12.9. The molecular formula is C34H48N6O4S4. The lowest BCUT2D eigenvalue weighted by Crippen LogP contribution is -2.42. The van der Waals surface area contributed by atoms with E-state index < -0.39 is 11.2 Å². The van der Waals surface area contributed by atoms with Gasteiger partial charge >= 0.3 is 12.2 Å². The number of aromatic nitrogens is 2. The fraction of sp³-hybridized carbons (Fsp3) is 0.529. The van der Waals surface area contributed by atoms with Crippen LogP contribution in [0.15, 0.2) is 36.4 Å². The van der Waals surface area contributed by atoms with Crippen LogP contribution in [0.3, 0.4) is 0 Å². The van der Waals surface area contributed by atoms with Crippen molar-refractivity contribution in [2.75, 3.05) is 36.8 Å². The van der Waals surface area contributed by atoms with Gasteiger partial charge in [0, 0.05) is 26.2 Å². The highest BCUT2D eigenvalue weighted by atomic mass is 32.1. The smallest absolute Gasteiger partial charge is 0.410 e. The normalized spacial score (nSPS) is 18.0. The van der Waals surface area contributed by atoms with Crippen LogP contribution in [-0.2, 0) is 9.47 Å². The van der Waals surface area contributed by atoms with E-state index in [1.165, 1.54) is 0 Å². The number of hydrogen-bond donors (Lipinski definition) is 2. The third kappa shape index (κ3) is 9.19. The Morgan fingerprint density at radius 2 is 1.12 bits per heavy atom. The molecule has 2 aromatic heterocycles. The summed E-state index contributed by atoms with van der Waals surface area (Å²) in [6.07, 6.45) is 3.36. The summed E-state index contributed by atoms with van der Waals surface area (Å²) in [6.45, 7) is 14.1. The van der Waals surface area contributed by atoms with E-state index in [0.717, 1.165) is 80.6 Å². The third-order valence-corrected chi connectivity index (χ3v) is 10.1. The highest BCUT2D eigenvalue weighted by Gasteiger charge is 2.33. The van der Waals surface area contributed by atoms with Crippen LogP contribution in [0.5, 0.6) is 0 Å². The Morgan fingerprint density at radius 3 is 1.50 bits per heavy atom. The molecule has 0 radical (unpaired) electrons. The number of carbonyl (C=O) groups is 2. The highest BCUT2D eigenvalue weighted by molar-refractivity contribution is 7.59. The van der Waals surface area contributed by atoms with E-state index >= 15 is 0 Å². The molecule has 2 amide bonds. The molecule has 2 fully saturated rings. The summed E-state index contributed by atoms with van der Waals surface area (Å²) in [7, 11) is 0. The van der Waals surface area contributed by atoms with Crippen molar-refractivity contribution in [3.8, 4) is 11.1 Å². The maximum Gasteiger partial charge on any atom is 0.410 e. The van der Waals surface area contributed by atoms with Crippen molar-refractivity contribution >= 4 is 92.5 Å². The van der Waals surface area contributed by atoms with Gasteiger partial charge in [0.05, 0.1) is 32.5 Å². The molecule has 262 valence electrons. The van der Waals surface area contributed by atoms with Gasteiger partial charge in [-0.3, -0.25) is 0 Å². The standard InChI is InChI=1S/C34H44N6O4S2.2H2S/c1-33(2,3)43-31(41)39-15-7-9-23(39)19-35-29-37-25-13-11-21(17-27(25)45-29)22-12-14-26-28(18-22)46-30(38-26)36-20-24-10-8-16-40(24)32(42)44-34(4,5)6;;/h11-14,17-18,23-24H,7-10,15-16,19-20H2,1-6H3,(H,35,37)(H,36,38);2*1H2/t23-,24-;;/m0../s1. The molecule has 2 N–H and O–H groups in total. The number of benzene rings is 2. The molecule has 0 bridgehead atoms. The number of nitrogens with zero attached hydrogens (tertiary/aromatic N) is 4. The highest BCUT2D eigenvalue weighted by Crippen LogP contribution is 2.34. The number of carbonyl (C=O) groups excluding carboxylic acids is 2. The maximum absolute atomic E-state index is 12.7. The molecule has 0 aliphatic carbocycles. The Labute approximate surface area is 304 Å². The van der Waals surface area contributed by atoms with Gasteiger partial charge in [0.15, 0.2) is 10.3 Å². The van der Waals surface area contributed by atoms with Crippen molar-refractivity contribution in [1.29, 1.82) is 0 Å². The van der Waals surface area contributed by atoms with Gasteiger partial charge < -0.3 is 29.9 Å². The first-order valence-electron chi connectivity index (χ1n) is 16.1. The lowest BCUT2D eigenvalue weighted by Gasteiger charge is -2.28. The molecule has 4 heterocycles. The molecule has 2 saturated heterocycles. The van der Waals surface area contributed by atoms with E-state index in [4.69, 9.17) is 19.4 Å². The van der Waals surface area contributed by atoms with Gasteiger partial charge in [-0.15, -0.1) is 0 Å². The topological polar surface area (TPSA) is 109 Å². The minimum absolute atomic E-state index is 0. The molecule has 14 heteroatoms. The van der Waals surface area contributed by atoms with Crippen LogP contribution in [-0.4, -0.2) is 81.4 Å². The van der Waals surface area contributed by atoms with Crippen molar-refractivity contribution < 1.29 is 19.1 Å². The zero-order chi connectivity index (χ0) is 32.6. The predicted octanol–water partition coefficient (Wildman–Crippen LogP) is 8.42.